The van der Waals surface area contributed by atoms with Gasteiger partial charge in [-0.25, -0.2) is 0 Å². The van der Waals surface area contributed by atoms with Crippen LogP contribution in [0.5, 0.6) is 0 Å². The monoisotopic (exact) mass is 439 g/mol. The van der Waals surface area contributed by atoms with Gasteiger partial charge in [0.15, 0.2) is 11.4 Å². The summed E-state index contributed by atoms with van der Waals surface area (Å²) in [5, 5.41) is 15.6. The third kappa shape index (κ3) is 3.58. The second kappa shape index (κ2) is 8.22. The first kappa shape index (κ1) is 21.0. The van der Waals surface area contributed by atoms with E-state index in [9.17, 15) is 14.7 Å². The number of ketones is 1. The molecule has 166 valence electrons. The van der Waals surface area contributed by atoms with Crippen LogP contribution in [0.2, 0.25) is 0 Å². The minimum atomic E-state index is -1.88. The van der Waals surface area contributed by atoms with Gasteiger partial charge in [0.05, 0.1) is 12.1 Å². The highest BCUT2D eigenvalue weighted by Crippen LogP contribution is 2.43. The van der Waals surface area contributed by atoms with E-state index in [0.717, 1.165) is 22.2 Å². The van der Waals surface area contributed by atoms with Crippen LogP contribution in [0.3, 0.4) is 0 Å². The number of aliphatic hydroxyl groups is 1. The van der Waals surface area contributed by atoms with Gasteiger partial charge in [0, 0.05) is 47.5 Å². The lowest BCUT2D eigenvalue weighted by molar-refractivity contribution is -0.135. The largest absolute Gasteiger partial charge is 0.388 e. The molecule has 1 aliphatic heterocycles. The zero-order valence-corrected chi connectivity index (χ0v) is 18.3. The molecule has 1 aromatic heterocycles. The van der Waals surface area contributed by atoms with Gasteiger partial charge >= 0.3 is 0 Å². The van der Waals surface area contributed by atoms with Gasteiger partial charge < -0.3 is 20.3 Å². The summed E-state index contributed by atoms with van der Waals surface area (Å²) in [5.74, 6) is -0.731. The zero-order valence-electron chi connectivity index (χ0n) is 18.3. The predicted octanol–water partition coefficient (Wildman–Crippen LogP) is 4.26. The summed E-state index contributed by atoms with van der Waals surface area (Å²) < 4.78 is 0. The maximum atomic E-state index is 13.5. The number of carbonyl (C=O) groups excluding carboxylic acids is 2. The topological polar surface area (TPSA) is 85.4 Å². The Balaban J connectivity index is 1.41. The fraction of sp³-hybridized carbons (Fsp3) is 0.185. The number of carbonyl (C=O) groups is 2. The molecule has 0 saturated carbocycles. The number of benzene rings is 3. The van der Waals surface area contributed by atoms with E-state index in [1.807, 2.05) is 36.5 Å². The number of hydrogen-bond acceptors (Lipinski definition) is 4. The molecule has 0 bridgehead atoms. The van der Waals surface area contributed by atoms with Gasteiger partial charge in [-0.2, -0.15) is 0 Å². The average molecular weight is 440 g/mol. The van der Waals surface area contributed by atoms with Gasteiger partial charge in [0.25, 0.3) is 5.91 Å². The number of H-pyrrole nitrogens is 1. The third-order valence-electron chi connectivity index (χ3n) is 6.43. The van der Waals surface area contributed by atoms with Crippen LogP contribution in [0, 0.1) is 0 Å². The number of nitrogens with one attached hydrogen (secondary N) is 2. The molecule has 4 aromatic rings. The molecule has 0 fully saturated rings. The zero-order chi connectivity index (χ0) is 23.0. The Bertz CT molecular complexity index is 1340. The molecule has 1 aliphatic rings. The molecule has 1 unspecified atom stereocenters. The minimum Gasteiger partial charge on any atom is -0.388 e. The van der Waals surface area contributed by atoms with Crippen LogP contribution < -0.4 is 10.2 Å². The Hall–Kier alpha value is -3.90. The lowest BCUT2D eigenvalue weighted by Crippen LogP contribution is -2.42. The molecule has 6 heteroatoms. The normalized spacial score (nSPS) is 17.4. The second-order valence-corrected chi connectivity index (χ2v) is 8.37. The average Bonchev–Trinajstić information content (AvgIpc) is 3.35. The van der Waals surface area contributed by atoms with Crippen molar-refractivity contribution in [3.63, 3.8) is 0 Å². The maximum Gasteiger partial charge on any atom is 0.264 e. The Kier molecular flexibility index (Phi) is 5.23. The van der Waals surface area contributed by atoms with Crippen LogP contribution >= 0.6 is 0 Å². The molecule has 2 heterocycles. The molecule has 0 spiro atoms. The van der Waals surface area contributed by atoms with Gasteiger partial charge in [-0.1, -0.05) is 36.4 Å². The Morgan fingerprint density at radius 2 is 1.76 bits per heavy atom. The van der Waals surface area contributed by atoms with Crippen LogP contribution in [-0.2, 0) is 16.8 Å². The van der Waals surface area contributed by atoms with Gasteiger partial charge in [0.1, 0.15) is 0 Å². The van der Waals surface area contributed by atoms with E-state index in [1.54, 1.807) is 48.3 Å². The molecule has 0 radical (unpaired) electrons. The number of rotatable bonds is 7. The van der Waals surface area contributed by atoms with Crippen molar-refractivity contribution >= 4 is 34.0 Å². The summed E-state index contributed by atoms with van der Waals surface area (Å²) in [7, 11) is 1.80. The Morgan fingerprint density at radius 1 is 1.03 bits per heavy atom. The van der Waals surface area contributed by atoms with Crippen molar-refractivity contribution in [2.75, 3.05) is 23.8 Å². The molecule has 33 heavy (non-hydrogen) atoms. The lowest BCUT2D eigenvalue weighted by Gasteiger charge is -2.23. The first-order chi connectivity index (χ1) is 16.0. The molecule has 1 amide bonds. The fourth-order valence-electron chi connectivity index (χ4n) is 4.63. The van der Waals surface area contributed by atoms with Crippen LogP contribution in [0.25, 0.3) is 10.9 Å². The second-order valence-electron chi connectivity index (χ2n) is 8.37. The summed E-state index contributed by atoms with van der Waals surface area (Å²) in [6, 6.07) is 22.2. The van der Waals surface area contributed by atoms with Crippen molar-refractivity contribution in [2.24, 2.45) is 0 Å². The van der Waals surface area contributed by atoms with Crippen LogP contribution in [0.4, 0.5) is 11.4 Å². The van der Waals surface area contributed by atoms with E-state index in [4.69, 9.17) is 0 Å². The maximum absolute atomic E-state index is 13.5. The summed E-state index contributed by atoms with van der Waals surface area (Å²) in [4.78, 5) is 31.4. The lowest BCUT2D eigenvalue weighted by atomic mass is 9.88. The summed E-state index contributed by atoms with van der Waals surface area (Å²) in [5.41, 5.74) is 2.76. The van der Waals surface area contributed by atoms with Gasteiger partial charge in [-0.05, 0) is 48.4 Å². The molecule has 6 nitrogen and oxygen atoms in total. The van der Waals surface area contributed by atoms with Crippen molar-refractivity contribution in [3.05, 3.63) is 95.7 Å². The molecular weight excluding hydrogens is 414 g/mol. The van der Waals surface area contributed by atoms with Gasteiger partial charge in [0.2, 0.25) is 0 Å². The highest BCUT2D eigenvalue weighted by Gasteiger charge is 2.50. The van der Waals surface area contributed by atoms with E-state index in [1.165, 1.54) is 0 Å². The van der Waals surface area contributed by atoms with Crippen molar-refractivity contribution in [1.29, 1.82) is 0 Å². The summed E-state index contributed by atoms with van der Waals surface area (Å²) >= 11 is 0. The molecule has 1 atom stereocenters. The quantitative estimate of drug-likeness (QED) is 0.376. The molecule has 3 N–H and O–H groups in total. The van der Waals surface area contributed by atoms with Crippen molar-refractivity contribution in [2.45, 2.75) is 18.4 Å². The van der Waals surface area contributed by atoms with E-state index in [2.05, 4.69) is 16.4 Å². The predicted molar refractivity (Wildman–Crippen MR) is 130 cm³/mol. The fourth-order valence-corrected chi connectivity index (χ4v) is 4.63. The number of Topliss-reactive ketones (excluding diaryl/α,β-unsaturated/α-hetero) is 1. The van der Waals surface area contributed by atoms with E-state index >= 15 is 0 Å². The van der Waals surface area contributed by atoms with Gasteiger partial charge in [-0.3, -0.25) is 9.59 Å². The first-order valence-electron chi connectivity index (χ1n) is 11.0. The molecule has 5 rings (SSSR count). The number of aromatic nitrogens is 1. The van der Waals surface area contributed by atoms with Crippen molar-refractivity contribution in [1.82, 2.24) is 4.98 Å². The minimum absolute atomic E-state index is 0.276. The van der Waals surface area contributed by atoms with E-state index in [-0.39, 0.29) is 12.2 Å². The summed E-state index contributed by atoms with van der Waals surface area (Å²) in [6.45, 7) is 0.408. The molecule has 0 saturated heterocycles. The smallest absolute Gasteiger partial charge is 0.264 e. The SMILES string of the molecule is CNc1ccc(C(=O)CC2(O)C(=O)N(CCc3c[nH]c4ccccc34)c3ccccc32)cc1. The highest BCUT2D eigenvalue weighted by molar-refractivity contribution is 6.10. The Labute approximate surface area is 191 Å². The molecule has 3 aromatic carbocycles. The van der Waals surface area contributed by atoms with Crippen molar-refractivity contribution < 1.29 is 14.7 Å². The number of amides is 1. The van der Waals surface area contributed by atoms with Crippen LogP contribution in [-0.4, -0.2) is 35.4 Å². The molecule has 0 aliphatic carbocycles. The van der Waals surface area contributed by atoms with Crippen LogP contribution in [0.15, 0.2) is 79.0 Å². The summed E-state index contributed by atoms with van der Waals surface area (Å²) in [6.07, 6.45) is 2.28. The van der Waals surface area contributed by atoms with E-state index < -0.39 is 11.5 Å². The number of hydrogen-bond donors (Lipinski definition) is 3. The van der Waals surface area contributed by atoms with Gasteiger partial charge in [-0.15, -0.1) is 0 Å². The number of anilines is 2. The number of fused-ring (bicyclic) bond motifs is 2. The number of nitrogens with zero attached hydrogens (tertiary/aromatic N) is 1. The standard InChI is InChI=1S/C27H25N3O3/c1-28-20-12-10-18(11-13-20)25(31)16-27(33)22-7-3-5-9-24(22)30(26(27)32)15-14-19-17-29-23-8-4-2-6-21(19)23/h2-13,17,28-29,33H,14-16H2,1H3. The Morgan fingerprint density at radius 3 is 2.55 bits per heavy atom. The third-order valence-corrected chi connectivity index (χ3v) is 6.43. The first-order valence-corrected chi connectivity index (χ1v) is 11.0. The number of aromatic amines is 1. The highest BCUT2D eigenvalue weighted by atomic mass is 16.3. The van der Waals surface area contributed by atoms with Crippen LogP contribution in [0.1, 0.15) is 27.9 Å². The number of para-hydroxylation sites is 2. The van der Waals surface area contributed by atoms with E-state index in [0.29, 0.717) is 29.8 Å². The van der Waals surface area contributed by atoms with Crippen molar-refractivity contribution in [3.8, 4) is 0 Å². The molecular formula is C27H25N3O3.